The van der Waals surface area contributed by atoms with E-state index in [2.05, 4.69) is 31.1 Å². The van der Waals surface area contributed by atoms with Crippen LogP contribution in [0.15, 0.2) is 6.07 Å². The van der Waals surface area contributed by atoms with Crippen molar-refractivity contribution in [2.24, 2.45) is 11.3 Å². The van der Waals surface area contributed by atoms with Gasteiger partial charge in [0.25, 0.3) is 0 Å². The topological polar surface area (TPSA) is 77.2 Å². The molecule has 1 aliphatic rings. The number of pyridine rings is 1. The Morgan fingerprint density at radius 3 is 2.64 bits per heavy atom. The van der Waals surface area contributed by atoms with E-state index in [0.29, 0.717) is 5.92 Å². The van der Waals surface area contributed by atoms with E-state index in [1.165, 1.54) is 6.07 Å². The van der Waals surface area contributed by atoms with Crippen molar-refractivity contribution in [1.82, 2.24) is 4.98 Å². The molecule has 2 atom stereocenters. The van der Waals surface area contributed by atoms with Crippen LogP contribution in [0, 0.1) is 11.3 Å². The molecule has 1 aromatic rings. The highest BCUT2D eigenvalue weighted by Gasteiger charge is 2.37. The number of carbonyl (C=O) groups is 1. The van der Waals surface area contributed by atoms with Gasteiger partial charge in [-0.2, -0.15) is 13.2 Å². The second-order valence-electron chi connectivity index (χ2n) is 8.49. The zero-order chi connectivity index (χ0) is 21.1. The quantitative estimate of drug-likeness (QED) is 0.669. The Morgan fingerprint density at radius 1 is 1.39 bits per heavy atom. The first-order valence-electron chi connectivity index (χ1n) is 9.70. The van der Waals surface area contributed by atoms with Gasteiger partial charge in [0, 0.05) is 12.5 Å². The lowest BCUT2D eigenvalue weighted by atomic mass is 9.70. The number of anilines is 2. The molecule has 1 saturated carbocycles. The summed E-state index contributed by atoms with van der Waals surface area (Å²) in [5.41, 5.74) is 5.17. The van der Waals surface area contributed by atoms with E-state index in [1.807, 2.05) is 0 Å². The minimum Gasteiger partial charge on any atom is -0.466 e. The normalized spacial score (nSPS) is 22.0. The number of nitrogen functional groups attached to an aromatic ring is 1. The van der Waals surface area contributed by atoms with Gasteiger partial charge in [-0.15, -0.1) is 0 Å². The Labute approximate surface area is 164 Å². The van der Waals surface area contributed by atoms with Crippen molar-refractivity contribution >= 4 is 17.5 Å². The highest BCUT2D eigenvalue weighted by Crippen LogP contribution is 2.40. The number of carbonyl (C=O) groups excluding carboxylic acids is 1. The minimum atomic E-state index is -4.63. The number of esters is 1. The van der Waals surface area contributed by atoms with Crippen LogP contribution >= 0.6 is 0 Å². The van der Waals surface area contributed by atoms with Crippen molar-refractivity contribution in [2.45, 2.75) is 72.0 Å². The molecule has 158 valence electrons. The summed E-state index contributed by atoms with van der Waals surface area (Å²) in [5.74, 6) is -0.0228. The highest BCUT2D eigenvalue weighted by atomic mass is 19.4. The van der Waals surface area contributed by atoms with E-state index in [1.54, 1.807) is 6.92 Å². The van der Waals surface area contributed by atoms with E-state index in [4.69, 9.17) is 10.5 Å². The van der Waals surface area contributed by atoms with E-state index in [0.717, 1.165) is 19.3 Å². The molecule has 0 aromatic carbocycles. The molecule has 0 bridgehead atoms. The monoisotopic (exact) mass is 401 g/mol. The fourth-order valence-electron chi connectivity index (χ4n) is 4.24. The molecule has 1 heterocycles. The average molecular weight is 401 g/mol. The molecular formula is C20H30F3N3O2. The molecule has 2 rings (SSSR count). The first kappa shape index (κ1) is 22.3. The number of ether oxygens (including phenoxy) is 1. The fourth-order valence-corrected chi connectivity index (χ4v) is 4.24. The lowest BCUT2D eigenvalue weighted by Crippen LogP contribution is -2.36. The van der Waals surface area contributed by atoms with Gasteiger partial charge in [-0.3, -0.25) is 4.79 Å². The molecule has 0 radical (unpaired) electrons. The first-order chi connectivity index (χ1) is 12.9. The summed E-state index contributed by atoms with van der Waals surface area (Å²) in [6.45, 7) is 8.30. The Bertz CT molecular complexity index is 705. The van der Waals surface area contributed by atoms with E-state index in [9.17, 15) is 18.0 Å². The summed E-state index contributed by atoms with van der Waals surface area (Å²) >= 11 is 0. The second-order valence-corrected chi connectivity index (χ2v) is 8.49. The minimum absolute atomic E-state index is 0.0139. The number of nitrogens with two attached hydrogens (primary N) is 1. The molecule has 0 amide bonds. The fraction of sp³-hybridized carbons (Fsp3) is 0.700. The van der Waals surface area contributed by atoms with Crippen LogP contribution in [0.4, 0.5) is 24.7 Å². The standard InChI is InChI=1S/C20H30F3N3O2/c1-5-28-16(27)7-6-13-9-15(24)18(26-17(13)20(21,22)23)25-14-8-12(2)10-19(3,4)11-14/h9,12,14H,5-8,10-11,24H2,1-4H3,(H,25,26). The summed E-state index contributed by atoms with van der Waals surface area (Å²) < 4.78 is 45.4. The predicted molar refractivity (Wildman–Crippen MR) is 103 cm³/mol. The van der Waals surface area contributed by atoms with Crippen molar-refractivity contribution in [1.29, 1.82) is 0 Å². The van der Waals surface area contributed by atoms with Crippen LogP contribution in [0.25, 0.3) is 0 Å². The average Bonchev–Trinajstić information content (AvgIpc) is 2.52. The summed E-state index contributed by atoms with van der Waals surface area (Å²) in [6, 6.07) is 1.29. The van der Waals surface area contributed by atoms with E-state index >= 15 is 0 Å². The molecular weight excluding hydrogens is 371 g/mol. The summed E-state index contributed by atoms with van der Waals surface area (Å²) in [4.78, 5) is 15.3. The summed E-state index contributed by atoms with van der Waals surface area (Å²) in [5, 5.41) is 3.13. The van der Waals surface area contributed by atoms with Crippen LogP contribution in [0.2, 0.25) is 0 Å². The Balaban J connectivity index is 2.25. The van der Waals surface area contributed by atoms with Crippen LogP contribution in [-0.4, -0.2) is 23.6 Å². The van der Waals surface area contributed by atoms with Gasteiger partial charge in [-0.05, 0) is 55.6 Å². The number of nitrogens with one attached hydrogen (secondary N) is 1. The van der Waals surface area contributed by atoms with E-state index < -0.39 is 17.8 Å². The molecule has 1 fully saturated rings. The zero-order valence-corrected chi connectivity index (χ0v) is 16.9. The molecule has 5 nitrogen and oxygen atoms in total. The molecule has 1 aliphatic carbocycles. The number of alkyl halides is 3. The van der Waals surface area contributed by atoms with Crippen molar-refractivity contribution in [3.05, 3.63) is 17.3 Å². The smallest absolute Gasteiger partial charge is 0.433 e. The third-order valence-electron chi connectivity index (χ3n) is 5.03. The molecule has 0 spiro atoms. The van der Waals surface area contributed by atoms with Crippen LogP contribution in [0.5, 0.6) is 0 Å². The third-order valence-corrected chi connectivity index (χ3v) is 5.03. The number of rotatable bonds is 6. The van der Waals surface area contributed by atoms with Crippen molar-refractivity contribution < 1.29 is 22.7 Å². The number of hydrogen-bond donors (Lipinski definition) is 2. The predicted octanol–water partition coefficient (Wildman–Crippen LogP) is 4.81. The number of hydrogen-bond acceptors (Lipinski definition) is 5. The van der Waals surface area contributed by atoms with Crippen LogP contribution in [0.1, 0.15) is 64.6 Å². The zero-order valence-electron chi connectivity index (χ0n) is 16.9. The maximum Gasteiger partial charge on any atom is 0.433 e. The van der Waals surface area contributed by atoms with Crippen molar-refractivity contribution in [3.63, 3.8) is 0 Å². The van der Waals surface area contributed by atoms with Gasteiger partial charge in [0.15, 0.2) is 0 Å². The number of aryl methyl sites for hydroxylation is 1. The lowest BCUT2D eigenvalue weighted by Gasteiger charge is -2.39. The largest absolute Gasteiger partial charge is 0.466 e. The van der Waals surface area contributed by atoms with Gasteiger partial charge in [-0.25, -0.2) is 4.98 Å². The summed E-state index contributed by atoms with van der Waals surface area (Å²) in [6.07, 6.45) is -2.14. The van der Waals surface area contributed by atoms with Gasteiger partial charge in [0.05, 0.1) is 12.3 Å². The molecule has 0 aliphatic heterocycles. The van der Waals surface area contributed by atoms with Gasteiger partial charge < -0.3 is 15.8 Å². The van der Waals surface area contributed by atoms with Gasteiger partial charge in [0.1, 0.15) is 11.5 Å². The Kier molecular flexibility index (Phi) is 6.83. The number of nitrogens with zero attached hydrogens (tertiary/aromatic N) is 1. The Hall–Kier alpha value is -1.99. The molecule has 0 saturated heterocycles. The number of aromatic nitrogens is 1. The highest BCUT2D eigenvalue weighted by molar-refractivity contribution is 5.70. The third kappa shape index (κ3) is 6.01. The van der Waals surface area contributed by atoms with Crippen molar-refractivity contribution in [3.8, 4) is 0 Å². The van der Waals surface area contributed by atoms with Crippen LogP contribution in [-0.2, 0) is 22.1 Å². The Morgan fingerprint density at radius 2 is 2.07 bits per heavy atom. The molecule has 28 heavy (non-hydrogen) atoms. The number of halogens is 3. The maximum absolute atomic E-state index is 13.5. The van der Waals surface area contributed by atoms with E-state index in [-0.39, 0.29) is 48.0 Å². The lowest BCUT2D eigenvalue weighted by molar-refractivity contribution is -0.144. The van der Waals surface area contributed by atoms with Crippen molar-refractivity contribution in [2.75, 3.05) is 17.7 Å². The second kappa shape index (κ2) is 8.57. The first-order valence-corrected chi connectivity index (χ1v) is 9.70. The van der Waals surface area contributed by atoms with Crippen LogP contribution in [0.3, 0.4) is 0 Å². The summed E-state index contributed by atoms with van der Waals surface area (Å²) in [7, 11) is 0. The molecule has 2 unspecified atom stereocenters. The van der Waals surface area contributed by atoms with Crippen LogP contribution < -0.4 is 11.1 Å². The SMILES string of the molecule is CCOC(=O)CCc1cc(N)c(NC2CC(C)CC(C)(C)C2)nc1C(F)(F)F. The maximum atomic E-state index is 13.5. The van der Waals surface area contributed by atoms with Gasteiger partial charge in [0.2, 0.25) is 0 Å². The van der Waals surface area contributed by atoms with Gasteiger partial charge in [-0.1, -0.05) is 20.8 Å². The molecule has 8 heteroatoms. The molecule has 1 aromatic heterocycles. The molecule has 3 N–H and O–H groups in total. The van der Waals surface area contributed by atoms with Gasteiger partial charge >= 0.3 is 12.1 Å².